The monoisotopic (exact) mass is 360 g/mol. The summed E-state index contributed by atoms with van der Waals surface area (Å²) >= 11 is 0. The lowest BCUT2D eigenvalue weighted by Gasteiger charge is -2.21. The van der Waals surface area contributed by atoms with E-state index in [-0.39, 0.29) is 12.0 Å². The molecule has 0 bridgehead atoms. The summed E-state index contributed by atoms with van der Waals surface area (Å²) in [4.78, 5) is 19.3. The summed E-state index contributed by atoms with van der Waals surface area (Å²) in [5.74, 6) is 1.48. The van der Waals surface area contributed by atoms with Gasteiger partial charge >= 0.3 is 0 Å². The molecule has 2 aliphatic rings. The zero-order valence-electron chi connectivity index (χ0n) is 16.1. The summed E-state index contributed by atoms with van der Waals surface area (Å²) in [6, 6.07) is 0.288. The third-order valence-electron chi connectivity index (χ3n) is 5.32. The average Bonchev–Trinajstić information content (AvgIpc) is 3.36. The second kappa shape index (κ2) is 9.05. The van der Waals surface area contributed by atoms with Crippen molar-refractivity contribution in [2.45, 2.75) is 51.5 Å². The van der Waals surface area contributed by atoms with Crippen LogP contribution in [0.1, 0.15) is 44.6 Å². The van der Waals surface area contributed by atoms with Crippen LogP contribution in [0, 0.1) is 5.92 Å². The normalized spacial score (nSPS) is 21.4. The molecule has 1 amide bonds. The number of nitrogens with zero attached hydrogens (tertiary/aromatic N) is 4. The van der Waals surface area contributed by atoms with Gasteiger partial charge in [-0.3, -0.25) is 14.5 Å². The van der Waals surface area contributed by atoms with Crippen molar-refractivity contribution in [1.82, 2.24) is 25.3 Å². The van der Waals surface area contributed by atoms with Crippen LogP contribution < -0.4 is 10.6 Å². The minimum Gasteiger partial charge on any atom is -0.357 e. The van der Waals surface area contributed by atoms with Crippen LogP contribution in [0.4, 0.5) is 0 Å². The Morgan fingerprint density at radius 3 is 2.85 bits per heavy atom. The maximum atomic E-state index is 12.6. The number of guanidine groups is 1. The van der Waals surface area contributed by atoms with Crippen molar-refractivity contribution in [1.29, 1.82) is 0 Å². The Kier molecular flexibility index (Phi) is 6.52. The van der Waals surface area contributed by atoms with Crippen LogP contribution in [0.25, 0.3) is 0 Å². The van der Waals surface area contributed by atoms with E-state index in [2.05, 4.69) is 27.6 Å². The van der Waals surface area contributed by atoms with Crippen LogP contribution in [0.15, 0.2) is 17.4 Å². The molecule has 26 heavy (non-hydrogen) atoms. The third-order valence-corrected chi connectivity index (χ3v) is 5.32. The van der Waals surface area contributed by atoms with Gasteiger partial charge in [-0.1, -0.05) is 12.8 Å². The van der Waals surface area contributed by atoms with Gasteiger partial charge in [0.2, 0.25) is 5.91 Å². The van der Waals surface area contributed by atoms with Gasteiger partial charge in [-0.2, -0.15) is 5.10 Å². The molecule has 3 rings (SSSR count). The number of hydrogen-bond donors (Lipinski definition) is 2. The van der Waals surface area contributed by atoms with Gasteiger partial charge in [0.1, 0.15) is 0 Å². The van der Waals surface area contributed by atoms with Gasteiger partial charge in [0.15, 0.2) is 5.96 Å². The topological polar surface area (TPSA) is 74.6 Å². The Morgan fingerprint density at radius 1 is 1.35 bits per heavy atom. The first-order valence-corrected chi connectivity index (χ1v) is 9.97. The molecule has 1 saturated heterocycles. The molecule has 7 heteroatoms. The minimum absolute atomic E-state index is 0.273. The third kappa shape index (κ3) is 4.99. The first-order chi connectivity index (χ1) is 12.7. The first-order valence-electron chi connectivity index (χ1n) is 9.97. The molecule has 0 radical (unpaired) electrons. The molecular weight excluding hydrogens is 328 g/mol. The molecule has 1 aromatic rings. The zero-order chi connectivity index (χ0) is 18.4. The van der Waals surface area contributed by atoms with Gasteiger partial charge in [0, 0.05) is 51.4 Å². The summed E-state index contributed by atoms with van der Waals surface area (Å²) in [5.41, 5.74) is 1.20. The van der Waals surface area contributed by atoms with Gasteiger partial charge in [-0.05, 0) is 38.2 Å². The number of aliphatic imine (C=N–C) groups is 1. The van der Waals surface area contributed by atoms with Crippen molar-refractivity contribution < 1.29 is 4.79 Å². The van der Waals surface area contributed by atoms with E-state index < -0.39 is 0 Å². The zero-order valence-corrected chi connectivity index (χ0v) is 16.1. The summed E-state index contributed by atoms with van der Waals surface area (Å²) in [6.45, 7) is 5.28. The molecule has 2 fully saturated rings. The Bertz CT molecular complexity index is 619. The van der Waals surface area contributed by atoms with E-state index in [1.54, 1.807) is 0 Å². The van der Waals surface area contributed by atoms with Crippen LogP contribution >= 0.6 is 0 Å². The maximum Gasteiger partial charge on any atom is 0.225 e. The van der Waals surface area contributed by atoms with Crippen molar-refractivity contribution in [3.63, 3.8) is 0 Å². The van der Waals surface area contributed by atoms with Crippen LogP contribution in [-0.2, 0) is 18.3 Å². The molecule has 2 heterocycles. The van der Waals surface area contributed by atoms with E-state index in [0.29, 0.717) is 5.91 Å². The fourth-order valence-electron chi connectivity index (χ4n) is 3.92. The molecule has 7 nitrogen and oxygen atoms in total. The Morgan fingerprint density at radius 2 is 2.15 bits per heavy atom. The number of carbonyl (C=O) groups is 1. The van der Waals surface area contributed by atoms with E-state index in [1.807, 2.05) is 29.0 Å². The molecule has 1 unspecified atom stereocenters. The number of rotatable bonds is 6. The lowest BCUT2D eigenvalue weighted by atomic mass is 10.1. The number of aromatic nitrogens is 2. The second-order valence-corrected chi connectivity index (χ2v) is 7.43. The van der Waals surface area contributed by atoms with Crippen molar-refractivity contribution in [3.8, 4) is 0 Å². The maximum absolute atomic E-state index is 12.6. The second-order valence-electron chi connectivity index (χ2n) is 7.43. The number of carbonyl (C=O) groups excluding carboxylic acids is 1. The summed E-state index contributed by atoms with van der Waals surface area (Å²) in [6.07, 6.45) is 10.4. The molecule has 0 aromatic carbocycles. The molecule has 144 valence electrons. The number of hydrogen-bond acceptors (Lipinski definition) is 3. The SMILES string of the molecule is CCNC(=NCCc1cnn(C)c1)NC1CCN(C(=O)C2CCCC2)C1. The number of likely N-dealkylation sites (tertiary alicyclic amines) is 1. The fourth-order valence-corrected chi connectivity index (χ4v) is 3.92. The Hall–Kier alpha value is -2.05. The highest BCUT2D eigenvalue weighted by atomic mass is 16.2. The molecule has 0 spiro atoms. The highest BCUT2D eigenvalue weighted by Gasteiger charge is 2.32. The van der Waals surface area contributed by atoms with Crippen molar-refractivity contribution >= 4 is 11.9 Å². The summed E-state index contributed by atoms with van der Waals surface area (Å²) < 4.78 is 1.82. The predicted octanol–water partition coefficient (Wildman–Crippen LogP) is 1.31. The fraction of sp³-hybridized carbons (Fsp3) is 0.737. The molecule has 1 aliphatic heterocycles. The lowest BCUT2D eigenvalue weighted by Crippen LogP contribution is -2.45. The molecular formula is C19H32N6O. The van der Waals surface area contributed by atoms with Gasteiger partial charge in [0.25, 0.3) is 0 Å². The largest absolute Gasteiger partial charge is 0.357 e. The number of nitrogens with one attached hydrogen (secondary N) is 2. The number of aryl methyl sites for hydroxylation is 1. The predicted molar refractivity (Wildman–Crippen MR) is 103 cm³/mol. The number of amides is 1. The average molecular weight is 361 g/mol. The van der Waals surface area contributed by atoms with Gasteiger partial charge < -0.3 is 15.5 Å². The van der Waals surface area contributed by atoms with E-state index in [0.717, 1.165) is 57.8 Å². The lowest BCUT2D eigenvalue weighted by molar-refractivity contribution is -0.134. The van der Waals surface area contributed by atoms with Gasteiger partial charge in [0.05, 0.1) is 6.20 Å². The standard InChI is InChI=1S/C19H32N6O/c1-3-20-19(21-10-8-15-12-22-24(2)13-15)23-17-9-11-25(14-17)18(26)16-6-4-5-7-16/h12-13,16-17H,3-11,14H2,1-2H3,(H2,20,21,23). The van der Waals surface area contributed by atoms with E-state index in [9.17, 15) is 4.79 Å². The highest BCUT2D eigenvalue weighted by Crippen LogP contribution is 2.27. The summed E-state index contributed by atoms with van der Waals surface area (Å²) in [5, 5.41) is 11.0. The van der Waals surface area contributed by atoms with Crippen molar-refractivity contribution in [2.75, 3.05) is 26.2 Å². The Labute approximate surface area is 156 Å². The van der Waals surface area contributed by atoms with Crippen LogP contribution in [0.3, 0.4) is 0 Å². The van der Waals surface area contributed by atoms with E-state index in [1.165, 1.54) is 18.4 Å². The van der Waals surface area contributed by atoms with Gasteiger partial charge in [-0.15, -0.1) is 0 Å². The quantitative estimate of drug-likeness (QED) is 0.592. The van der Waals surface area contributed by atoms with E-state index in [4.69, 9.17) is 0 Å². The Balaban J connectivity index is 1.48. The van der Waals surface area contributed by atoms with Gasteiger partial charge in [-0.25, -0.2) is 0 Å². The minimum atomic E-state index is 0.273. The molecule has 2 N–H and O–H groups in total. The van der Waals surface area contributed by atoms with Crippen molar-refractivity contribution in [2.24, 2.45) is 18.0 Å². The van der Waals surface area contributed by atoms with Crippen LogP contribution in [0.2, 0.25) is 0 Å². The van der Waals surface area contributed by atoms with Crippen molar-refractivity contribution in [3.05, 3.63) is 18.0 Å². The molecule has 1 aliphatic carbocycles. The molecule has 1 saturated carbocycles. The smallest absolute Gasteiger partial charge is 0.225 e. The molecule has 1 aromatic heterocycles. The van der Waals surface area contributed by atoms with Crippen LogP contribution in [-0.4, -0.2) is 58.8 Å². The van der Waals surface area contributed by atoms with E-state index >= 15 is 0 Å². The molecule has 1 atom stereocenters. The van der Waals surface area contributed by atoms with Crippen LogP contribution in [0.5, 0.6) is 0 Å². The highest BCUT2D eigenvalue weighted by molar-refractivity contribution is 5.81. The summed E-state index contributed by atoms with van der Waals surface area (Å²) in [7, 11) is 1.93. The first kappa shape index (κ1) is 18.7.